The number of fused-ring (bicyclic) bond motifs is 1. The Bertz CT molecular complexity index is 744. The summed E-state index contributed by atoms with van der Waals surface area (Å²) < 4.78 is 15.6. The summed E-state index contributed by atoms with van der Waals surface area (Å²) in [6, 6.07) is 8.23. The van der Waals surface area contributed by atoms with E-state index < -0.39 is 36.2 Å². The van der Waals surface area contributed by atoms with Crippen molar-refractivity contribution in [3.63, 3.8) is 0 Å². The minimum absolute atomic E-state index is 0.0473. The number of benzene rings is 1. The van der Waals surface area contributed by atoms with Crippen LogP contribution in [-0.4, -0.2) is 63.9 Å². The quantitative estimate of drug-likeness (QED) is 0.284. The summed E-state index contributed by atoms with van der Waals surface area (Å²) in [5, 5.41) is 10.7. The summed E-state index contributed by atoms with van der Waals surface area (Å²) in [7, 11) is 1.24. The summed E-state index contributed by atoms with van der Waals surface area (Å²) >= 11 is 2.17. The zero-order valence-corrected chi connectivity index (χ0v) is 18.2. The Morgan fingerprint density at radius 1 is 1.31 bits per heavy atom. The van der Waals surface area contributed by atoms with Crippen LogP contribution in [0.3, 0.4) is 0 Å². The highest BCUT2D eigenvalue weighted by molar-refractivity contribution is 14.1. The SMILES string of the molecule is COC(=O)[C@@H]1C[C@@H](O)[C@@H]2CC(=O)O[C@@H]2C(I)CCN1C(=O)OCc1ccccc1. The van der Waals surface area contributed by atoms with Crippen molar-refractivity contribution in [3.8, 4) is 0 Å². The molecule has 1 amide bonds. The van der Waals surface area contributed by atoms with Gasteiger partial charge in [0.1, 0.15) is 18.8 Å². The highest BCUT2D eigenvalue weighted by Gasteiger charge is 2.47. The van der Waals surface area contributed by atoms with Crippen LogP contribution in [0.25, 0.3) is 0 Å². The van der Waals surface area contributed by atoms with Gasteiger partial charge in [0, 0.05) is 18.9 Å². The second-order valence-electron chi connectivity index (χ2n) is 7.20. The second-order valence-corrected chi connectivity index (χ2v) is 8.80. The molecule has 2 fully saturated rings. The van der Waals surface area contributed by atoms with Gasteiger partial charge in [-0.1, -0.05) is 52.9 Å². The van der Waals surface area contributed by atoms with Gasteiger partial charge >= 0.3 is 18.0 Å². The third-order valence-electron chi connectivity index (χ3n) is 5.34. The molecule has 0 spiro atoms. The van der Waals surface area contributed by atoms with Crippen LogP contribution in [0.5, 0.6) is 0 Å². The van der Waals surface area contributed by atoms with Crippen LogP contribution in [0.1, 0.15) is 24.8 Å². The van der Waals surface area contributed by atoms with Crippen molar-refractivity contribution < 1.29 is 33.7 Å². The molecule has 3 rings (SSSR count). The number of hydrogen-bond acceptors (Lipinski definition) is 7. The molecule has 158 valence electrons. The minimum atomic E-state index is -1.00. The summed E-state index contributed by atoms with van der Waals surface area (Å²) in [6.07, 6.45) is -1.56. The van der Waals surface area contributed by atoms with Crippen LogP contribution < -0.4 is 0 Å². The smallest absolute Gasteiger partial charge is 0.410 e. The van der Waals surface area contributed by atoms with Crippen LogP contribution in [-0.2, 0) is 30.4 Å². The van der Waals surface area contributed by atoms with Gasteiger partial charge in [-0.2, -0.15) is 0 Å². The maximum absolute atomic E-state index is 12.8. The van der Waals surface area contributed by atoms with Crippen molar-refractivity contribution in [1.29, 1.82) is 0 Å². The van der Waals surface area contributed by atoms with Crippen LogP contribution in [0, 0.1) is 5.92 Å². The van der Waals surface area contributed by atoms with Crippen molar-refractivity contribution in [1.82, 2.24) is 4.90 Å². The van der Waals surface area contributed by atoms with Gasteiger partial charge in [0.05, 0.1) is 23.6 Å². The molecule has 0 radical (unpaired) electrons. The van der Waals surface area contributed by atoms with Gasteiger partial charge < -0.3 is 19.3 Å². The monoisotopic (exact) mass is 517 g/mol. The van der Waals surface area contributed by atoms with E-state index in [9.17, 15) is 19.5 Å². The third kappa shape index (κ3) is 5.19. The summed E-state index contributed by atoms with van der Waals surface area (Å²) in [6.45, 7) is 0.289. The number of carbonyl (C=O) groups excluding carboxylic acids is 3. The van der Waals surface area contributed by atoms with Crippen molar-refractivity contribution in [2.75, 3.05) is 13.7 Å². The summed E-state index contributed by atoms with van der Waals surface area (Å²) in [5.41, 5.74) is 0.827. The molecule has 0 bridgehead atoms. The number of aliphatic hydroxyl groups excluding tert-OH is 1. The average molecular weight is 517 g/mol. The van der Waals surface area contributed by atoms with Gasteiger partial charge in [0.25, 0.3) is 0 Å². The average Bonchev–Trinajstić information content (AvgIpc) is 3.13. The molecule has 2 saturated heterocycles. The fourth-order valence-corrected chi connectivity index (χ4v) is 4.75. The van der Waals surface area contributed by atoms with Crippen LogP contribution in [0.15, 0.2) is 30.3 Å². The molecule has 5 atom stereocenters. The molecular weight excluding hydrogens is 493 g/mol. The number of hydrogen-bond donors (Lipinski definition) is 1. The molecule has 1 aromatic carbocycles. The number of halogens is 1. The molecule has 29 heavy (non-hydrogen) atoms. The number of esters is 2. The Kier molecular flexibility index (Phi) is 7.33. The zero-order valence-electron chi connectivity index (χ0n) is 16.0. The third-order valence-corrected chi connectivity index (χ3v) is 6.67. The van der Waals surface area contributed by atoms with E-state index >= 15 is 0 Å². The van der Waals surface area contributed by atoms with Crippen molar-refractivity contribution in [3.05, 3.63) is 35.9 Å². The molecule has 2 aliphatic heterocycles. The minimum Gasteiger partial charge on any atom is -0.467 e. The molecule has 1 N–H and O–H groups in total. The highest BCUT2D eigenvalue weighted by Crippen LogP contribution is 2.36. The van der Waals surface area contributed by atoms with E-state index in [-0.39, 0.29) is 35.9 Å². The molecule has 2 heterocycles. The maximum atomic E-state index is 12.8. The predicted molar refractivity (Wildman–Crippen MR) is 110 cm³/mol. The molecule has 1 aromatic rings. The van der Waals surface area contributed by atoms with Gasteiger partial charge in [-0.25, -0.2) is 9.59 Å². The van der Waals surface area contributed by atoms with E-state index in [1.807, 2.05) is 30.3 Å². The Hall–Kier alpha value is -1.88. The Morgan fingerprint density at radius 2 is 2.03 bits per heavy atom. The van der Waals surface area contributed by atoms with Gasteiger partial charge in [-0.15, -0.1) is 0 Å². The molecule has 0 aromatic heterocycles. The lowest BCUT2D eigenvalue weighted by molar-refractivity contribution is -0.148. The number of nitrogens with zero attached hydrogens (tertiary/aromatic N) is 1. The molecule has 2 aliphatic rings. The molecule has 0 aliphatic carbocycles. The number of rotatable bonds is 3. The largest absolute Gasteiger partial charge is 0.467 e. The predicted octanol–water partition coefficient (Wildman–Crippen LogP) is 2.06. The maximum Gasteiger partial charge on any atom is 0.410 e. The summed E-state index contributed by atoms with van der Waals surface area (Å²) in [4.78, 5) is 38.3. The topological polar surface area (TPSA) is 102 Å². The first-order valence-electron chi connectivity index (χ1n) is 9.47. The Morgan fingerprint density at radius 3 is 2.72 bits per heavy atom. The van der Waals surface area contributed by atoms with Gasteiger partial charge in [0.2, 0.25) is 0 Å². The zero-order chi connectivity index (χ0) is 21.0. The molecule has 9 heteroatoms. The van der Waals surface area contributed by atoms with E-state index in [1.54, 1.807) is 0 Å². The van der Waals surface area contributed by atoms with E-state index in [0.717, 1.165) is 5.56 Å². The molecule has 1 unspecified atom stereocenters. The lowest BCUT2D eigenvalue weighted by Gasteiger charge is -2.30. The van der Waals surface area contributed by atoms with Gasteiger partial charge in [-0.05, 0) is 12.0 Å². The van der Waals surface area contributed by atoms with Gasteiger partial charge in [0.15, 0.2) is 0 Å². The number of aliphatic hydroxyl groups is 1. The number of ether oxygens (including phenoxy) is 3. The number of alkyl halides is 1. The Balaban J connectivity index is 1.79. The van der Waals surface area contributed by atoms with Gasteiger partial charge in [-0.3, -0.25) is 9.69 Å². The molecule has 8 nitrogen and oxygen atoms in total. The van der Waals surface area contributed by atoms with Crippen molar-refractivity contribution in [2.24, 2.45) is 5.92 Å². The molecule has 0 saturated carbocycles. The second kappa shape index (κ2) is 9.75. The first-order chi connectivity index (χ1) is 13.9. The number of methoxy groups -OCH3 is 1. The fraction of sp³-hybridized carbons (Fsp3) is 0.550. The first kappa shape index (κ1) is 21.8. The number of amides is 1. The molecular formula is C20H24INO7. The van der Waals surface area contributed by atoms with Crippen molar-refractivity contribution in [2.45, 2.75) is 48.0 Å². The Labute approximate surface area is 182 Å². The lowest BCUT2D eigenvalue weighted by Crippen LogP contribution is -2.48. The fourth-order valence-electron chi connectivity index (χ4n) is 3.79. The van der Waals surface area contributed by atoms with Crippen LogP contribution >= 0.6 is 22.6 Å². The first-order valence-corrected chi connectivity index (χ1v) is 10.7. The standard InChI is InChI=1S/C20H24INO7/c1-27-19(25)15-10-16(23)13-9-17(24)29-18(13)14(21)7-8-22(15)20(26)28-11-12-5-3-2-4-6-12/h2-6,13-16,18,23H,7-11H2,1H3/t13-,14?,15-,16+,18-/m0/s1. The van der Waals surface area contributed by atoms with E-state index in [4.69, 9.17) is 14.2 Å². The van der Waals surface area contributed by atoms with Crippen LogP contribution in [0.2, 0.25) is 0 Å². The van der Waals surface area contributed by atoms with E-state index in [2.05, 4.69) is 22.6 Å². The summed E-state index contributed by atoms with van der Waals surface area (Å²) in [5.74, 6) is -1.40. The highest BCUT2D eigenvalue weighted by atomic mass is 127. The lowest BCUT2D eigenvalue weighted by atomic mass is 9.89. The van der Waals surface area contributed by atoms with E-state index in [1.165, 1.54) is 12.0 Å². The van der Waals surface area contributed by atoms with Crippen LogP contribution in [0.4, 0.5) is 4.79 Å². The normalized spacial score (nSPS) is 29.7. The van der Waals surface area contributed by atoms with Crippen molar-refractivity contribution >= 4 is 40.6 Å². The number of carbonyl (C=O) groups is 3. The van der Waals surface area contributed by atoms with E-state index in [0.29, 0.717) is 6.42 Å².